The Morgan fingerprint density at radius 3 is 2.46 bits per heavy atom. The molecule has 0 radical (unpaired) electrons. The van der Waals surface area contributed by atoms with Crippen LogP contribution in [0.15, 0.2) is 18.2 Å². The molecule has 2 atom stereocenters. The van der Waals surface area contributed by atoms with Gasteiger partial charge in [0.05, 0.1) is 20.1 Å². The van der Waals surface area contributed by atoms with Gasteiger partial charge in [0.2, 0.25) is 5.91 Å². The lowest BCUT2D eigenvalue weighted by Gasteiger charge is -2.25. The Morgan fingerprint density at radius 1 is 1.18 bits per heavy atom. The van der Waals surface area contributed by atoms with Crippen molar-refractivity contribution in [3.05, 3.63) is 23.8 Å². The summed E-state index contributed by atoms with van der Waals surface area (Å²) < 4.78 is 11.0. The Bertz CT molecular complexity index is 699. The number of hydrogen-bond donors (Lipinski definition) is 2. The summed E-state index contributed by atoms with van der Waals surface area (Å²) in [4.78, 5) is 27.3. The lowest BCUT2D eigenvalue weighted by molar-refractivity contribution is -0.124. The molecule has 0 aromatic heterocycles. The molecule has 1 aromatic rings. The number of benzene rings is 1. The molecule has 1 aliphatic heterocycles. The van der Waals surface area contributed by atoms with E-state index in [1.54, 1.807) is 19.1 Å². The largest absolute Gasteiger partial charge is 0.493 e. The molecule has 2 unspecified atom stereocenters. The lowest BCUT2D eigenvalue weighted by Crippen LogP contribution is -2.48. The number of ether oxygens (including phenoxy) is 2. The molecule has 0 bridgehead atoms. The number of rotatable bonds is 6. The second kappa shape index (κ2) is 9.17. The smallest absolute Gasteiger partial charge is 0.317 e. The molecule has 2 N–H and O–H groups in total. The Morgan fingerprint density at radius 2 is 1.89 bits per heavy atom. The van der Waals surface area contributed by atoms with Gasteiger partial charge >= 0.3 is 6.03 Å². The van der Waals surface area contributed by atoms with Gasteiger partial charge in [-0.1, -0.05) is 19.1 Å². The predicted octanol–water partition coefficient (Wildman–Crippen LogP) is 2.75. The van der Waals surface area contributed by atoms with E-state index in [-0.39, 0.29) is 29.3 Å². The van der Waals surface area contributed by atoms with Crippen LogP contribution in [-0.4, -0.2) is 56.2 Å². The van der Waals surface area contributed by atoms with Crippen LogP contribution in [0.1, 0.15) is 45.6 Å². The van der Waals surface area contributed by atoms with E-state index in [1.165, 1.54) is 0 Å². The van der Waals surface area contributed by atoms with Crippen molar-refractivity contribution in [3.63, 3.8) is 0 Å². The quantitative estimate of drug-likeness (QED) is 0.781. The van der Waals surface area contributed by atoms with Crippen molar-refractivity contribution in [2.45, 2.75) is 45.6 Å². The van der Waals surface area contributed by atoms with Crippen molar-refractivity contribution in [1.82, 2.24) is 15.5 Å². The highest BCUT2D eigenvalue weighted by atomic mass is 16.5. The van der Waals surface area contributed by atoms with E-state index in [0.29, 0.717) is 31.1 Å². The Kier molecular flexibility index (Phi) is 7.16. The van der Waals surface area contributed by atoms with Crippen molar-refractivity contribution < 1.29 is 19.1 Å². The highest BCUT2D eigenvalue weighted by Gasteiger charge is 2.42. The fourth-order valence-electron chi connectivity index (χ4n) is 3.53. The maximum Gasteiger partial charge on any atom is 0.317 e. The zero-order valence-corrected chi connectivity index (χ0v) is 17.8. The van der Waals surface area contributed by atoms with Gasteiger partial charge in [-0.3, -0.25) is 4.79 Å². The summed E-state index contributed by atoms with van der Waals surface area (Å²) in [5.41, 5.74) is 0.535. The van der Waals surface area contributed by atoms with E-state index in [4.69, 9.17) is 9.47 Å². The van der Waals surface area contributed by atoms with Gasteiger partial charge in [-0.15, -0.1) is 0 Å². The van der Waals surface area contributed by atoms with Crippen LogP contribution in [0, 0.1) is 5.92 Å². The van der Waals surface area contributed by atoms with E-state index < -0.39 is 0 Å². The van der Waals surface area contributed by atoms with E-state index in [9.17, 15) is 9.59 Å². The zero-order valence-electron chi connectivity index (χ0n) is 17.8. The first-order valence-electron chi connectivity index (χ1n) is 9.77. The number of methoxy groups -OCH3 is 2. The minimum absolute atomic E-state index is 0.0391. The van der Waals surface area contributed by atoms with Gasteiger partial charge in [0, 0.05) is 36.7 Å². The van der Waals surface area contributed by atoms with Crippen LogP contribution in [0.2, 0.25) is 0 Å². The van der Waals surface area contributed by atoms with Crippen LogP contribution in [-0.2, 0) is 4.79 Å². The summed E-state index contributed by atoms with van der Waals surface area (Å²) in [6.07, 6.45) is 0.861. The Labute approximate surface area is 167 Å². The minimum atomic E-state index is -0.349. The van der Waals surface area contributed by atoms with Gasteiger partial charge in [-0.25, -0.2) is 4.79 Å². The zero-order chi connectivity index (χ0) is 20.9. The molecule has 0 aliphatic carbocycles. The molecule has 7 heteroatoms. The first kappa shape index (κ1) is 21.9. The van der Waals surface area contributed by atoms with E-state index in [2.05, 4.69) is 10.6 Å². The van der Waals surface area contributed by atoms with Crippen LogP contribution in [0.25, 0.3) is 0 Å². The van der Waals surface area contributed by atoms with Gasteiger partial charge in [0.25, 0.3) is 0 Å². The SMILES string of the molecule is CCCNC(=O)C1CN(C(=O)NC(C)(C)C)CC1c1cccc(OC)c1OC. The number of nitrogens with one attached hydrogen (secondary N) is 2. The average molecular weight is 392 g/mol. The maximum atomic E-state index is 12.9. The fraction of sp³-hybridized carbons (Fsp3) is 0.619. The Hall–Kier alpha value is -2.44. The molecule has 2 rings (SSSR count). The third-order valence-electron chi connectivity index (χ3n) is 4.81. The van der Waals surface area contributed by atoms with Gasteiger partial charge < -0.3 is 25.0 Å². The van der Waals surface area contributed by atoms with Crippen molar-refractivity contribution >= 4 is 11.9 Å². The summed E-state index contributed by atoms with van der Waals surface area (Å²) in [6.45, 7) is 9.25. The molecule has 156 valence electrons. The summed E-state index contributed by atoms with van der Waals surface area (Å²) in [6, 6.07) is 5.49. The van der Waals surface area contributed by atoms with Gasteiger partial charge in [-0.05, 0) is 33.3 Å². The van der Waals surface area contributed by atoms with Crippen LogP contribution in [0.3, 0.4) is 0 Å². The normalized spacial score (nSPS) is 19.3. The lowest BCUT2D eigenvalue weighted by atomic mass is 9.87. The number of carbonyl (C=O) groups is 2. The molecular formula is C21H33N3O4. The maximum absolute atomic E-state index is 12.9. The number of hydrogen-bond acceptors (Lipinski definition) is 4. The molecule has 28 heavy (non-hydrogen) atoms. The molecule has 0 saturated carbocycles. The number of carbonyl (C=O) groups excluding carboxylic acids is 2. The topological polar surface area (TPSA) is 79.9 Å². The number of likely N-dealkylation sites (tertiary alicyclic amines) is 1. The molecule has 1 aromatic carbocycles. The monoisotopic (exact) mass is 391 g/mol. The summed E-state index contributed by atoms with van der Waals surface area (Å²) in [7, 11) is 3.18. The first-order valence-corrected chi connectivity index (χ1v) is 9.77. The van der Waals surface area contributed by atoms with Gasteiger partial charge in [0.1, 0.15) is 0 Å². The van der Waals surface area contributed by atoms with Crippen molar-refractivity contribution in [2.75, 3.05) is 33.9 Å². The molecule has 1 fully saturated rings. The third kappa shape index (κ3) is 5.09. The summed E-state index contributed by atoms with van der Waals surface area (Å²) in [5, 5.41) is 5.96. The van der Waals surface area contributed by atoms with E-state index >= 15 is 0 Å². The molecule has 1 heterocycles. The van der Waals surface area contributed by atoms with Crippen molar-refractivity contribution in [1.29, 1.82) is 0 Å². The number of para-hydroxylation sites is 1. The summed E-state index contributed by atoms with van der Waals surface area (Å²) in [5.74, 6) is 0.667. The van der Waals surface area contributed by atoms with Gasteiger partial charge in [0.15, 0.2) is 11.5 Å². The van der Waals surface area contributed by atoms with Crippen LogP contribution in [0.4, 0.5) is 4.79 Å². The highest BCUT2D eigenvalue weighted by Crippen LogP contribution is 2.42. The second-order valence-electron chi connectivity index (χ2n) is 8.17. The molecule has 7 nitrogen and oxygen atoms in total. The molecular weight excluding hydrogens is 358 g/mol. The predicted molar refractivity (Wildman–Crippen MR) is 109 cm³/mol. The van der Waals surface area contributed by atoms with Crippen molar-refractivity contribution in [2.24, 2.45) is 5.92 Å². The summed E-state index contributed by atoms with van der Waals surface area (Å²) >= 11 is 0. The second-order valence-corrected chi connectivity index (χ2v) is 8.17. The first-order chi connectivity index (χ1) is 13.2. The number of nitrogens with zero attached hydrogens (tertiary/aromatic N) is 1. The minimum Gasteiger partial charge on any atom is -0.493 e. The molecule has 1 aliphatic rings. The molecule has 3 amide bonds. The van der Waals surface area contributed by atoms with Crippen LogP contribution in [0.5, 0.6) is 11.5 Å². The highest BCUT2D eigenvalue weighted by molar-refractivity contribution is 5.83. The van der Waals surface area contributed by atoms with Crippen LogP contribution < -0.4 is 20.1 Å². The number of amides is 3. The van der Waals surface area contributed by atoms with Crippen molar-refractivity contribution in [3.8, 4) is 11.5 Å². The van der Waals surface area contributed by atoms with Gasteiger partial charge in [-0.2, -0.15) is 0 Å². The standard InChI is InChI=1S/C21H33N3O4/c1-7-11-22-19(25)16-13-24(20(26)23-21(2,3)4)12-15(16)14-9-8-10-17(27-5)18(14)28-6/h8-10,15-16H,7,11-13H2,1-6H3,(H,22,25)(H,23,26). The van der Waals surface area contributed by atoms with Crippen LogP contribution >= 0.6 is 0 Å². The number of urea groups is 1. The van der Waals surface area contributed by atoms with E-state index in [1.807, 2.05) is 45.9 Å². The Balaban J connectivity index is 2.35. The third-order valence-corrected chi connectivity index (χ3v) is 4.81. The molecule has 0 spiro atoms. The average Bonchev–Trinajstić information content (AvgIpc) is 3.09. The fourth-order valence-corrected chi connectivity index (χ4v) is 3.53. The van der Waals surface area contributed by atoms with E-state index in [0.717, 1.165) is 12.0 Å². The molecule has 1 saturated heterocycles.